The Labute approximate surface area is 179 Å². The Kier molecular flexibility index (Phi) is 7.18. The van der Waals surface area contributed by atoms with Crippen molar-refractivity contribution in [2.24, 2.45) is 0 Å². The molecule has 30 heavy (non-hydrogen) atoms. The summed E-state index contributed by atoms with van der Waals surface area (Å²) in [5.74, 6) is 0.298. The van der Waals surface area contributed by atoms with Crippen molar-refractivity contribution in [1.82, 2.24) is 16.2 Å². The number of nitrogens with one attached hydrogen (secondary N) is 3. The molecular weight excluding hydrogens is 402 g/mol. The van der Waals surface area contributed by atoms with Gasteiger partial charge in [0.2, 0.25) is 0 Å². The molecule has 3 aromatic rings. The van der Waals surface area contributed by atoms with Crippen LogP contribution in [0, 0.1) is 6.92 Å². The molecule has 0 aliphatic carbocycles. The Morgan fingerprint density at radius 3 is 2.33 bits per heavy atom. The van der Waals surface area contributed by atoms with E-state index in [0.717, 1.165) is 16.3 Å². The minimum Gasteiger partial charge on any atom is -0.484 e. The largest absolute Gasteiger partial charge is 0.484 e. The van der Waals surface area contributed by atoms with Gasteiger partial charge in [-0.05, 0) is 53.7 Å². The number of fused-ring (bicyclic) bond motifs is 1. The summed E-state index contributed by atoms with van der Waals surface area (Å²) in [6.07, 6.45) is 0. The number of carbonyl (C=O) groups excluding carboxylic acids is 2. The van der Waals surface area contributed by atoms with E-state index in [1.807, 2.05) is 61.5 Å². The molecule has 0 bridgehead atoms. The third-order valence-corrected chi connectivity index (χ3v) is 4.32. The molecule has 3 N–H and O–H groups in total. The number of hydrogen-bond acceptors (Lipinski definition) is 5. The maximum absolute atomic E-state index is 12.0. The van der Waals surface area contributed by atoms with Gasteiger partial charge in [0, 0.05) is 0 Å². The van der Waals surface area contributed by atoms with Gasteiger partial charge < -0.3 is 9.47 Å². The predicted octanol–water partition coefficient (Wildman–Crippen LogP) is 2.63. The second-order valence-electron chi connectivity index (χ2n) is 6.40. The molecule has 0 aromatic heterocycles. The average Bonchev–Trinajstić information content (AvgIpc) is 2.75. The molecule has 0 atom stereocenters. The maximum Gasteiger partial charge on any atom is 0.276 e. The van der Waals surface area contributed by atoms with Crippen LogP contribution in [0.4, 0.5) is 0 Å². The number of aryl methyl sites for hydroxylation is 1. The highest BCUT2D eigenvalue weighted by Crippen LogP contribution is 2.20. The van der Waals surface area contributed by atoms with Crippen molar-refractivity contribution in [3.8, 4) is 11.5 Å². The third-order valence-electron chi connectivity index (χ3n) is 4.11. The average molecular weight is 423 g/mol. The van der Waals surface area contributed by atoms with Crippen LogP contribution in [0.3, 0.4) is 0 Å². The molecule has 0 aliphatic rings. The van der Waals surface area contributed by atoms with Crippen LogP contribution in [0.1, 0.15) is 5.56 Å². The van der Waals surface area contributed by atoms with Gasteiger partial charge in [-0.25, -0.2) is 0 Å². The van der Waals surface area contributed by atoms with E-state index in [4.69, 9.17) is 21.7 Å². The molecule has 8 heteroatoms. The summed E-state index contributed by atoms with van der Waals surface area (Å²) in [4.78, 5) is 23.8. The van der Waals surface area contributed by atoms with E-state index in [2.05, 4.69) is 16.2 Å². The molecule has 7 nitrogen and oxygen atoms in total. The second-order valence-corrected chi connectivity index (χ2v) is 6.81. The van der Waals surface area contributed by atoms with Crippen LogP contribution in [0.2, 0.25) is 0 Å². The summed E-state index contributed by atoms with van der Waals surface area (Å²) in [6.45, 7) is 1.47. The summed E-state index contributed by atoms with van der Waals surface area (Å²) in [5, 5.41) is 4.48. The van der Waals surface area contributed by atoms with E-state index in [9.17, 15) is 9.59 Å². The molecular formula is C22H21N3O4S. The number of ether oxygens (including phenoxy) is 2. The highest BCUT2D eigenvalue weighted by atomic mass is 32.1. The highest BCUT2D eigenvalue weighted by Gasteiger charge is 2.08. The Morgan fingerprint density at radius 2 is 1.53 bits per heavy atom. The molecule has 2 amide bonds. The molecule has 0 fully saturated rings. The lowest BCUT2D eigenvalue weighted by molar-refractivity contribution is -0.124. The highest BCUT2D eigenvalue weighted by molar-refractivity contribution is 7.80. The lowest BCUT2D eigenvalue weighted by Crippen LogP contribution is -2.50. The van der Waals surface area contributed by atoms with E-state index in [-0.39, 0.29) is 18.3 Å². The first-order valence-corrected chi connectivity index (χ1v) is 9.61. The molecule has 3 rings (SSSR count). The first kappa shape index (κ1) is 21.1. The van der Waals surface area contributed by atoms with Crippen LogP contribution >= 0.6 is 12.2 Å². The van der Waals surface area contributed by atoms with Crippen LogP contribution in [-0.2, 0) is 9.59 Å². The van der Waals surface area contributed by atoms with E-state index in [0.29, 0.717) is 11.5 Å². The zero-order valence-corrected chi connectivity index (χ0v) is 17.1. The van der Waals surface area contributed by atoms with Crippen molar-refractivity contribution in [1.29, 1.82) is 0 Å². The normalized spacial score (nSPS) is 10.2. The van der Waals surface area contributed by atoms with Crippen LogP contribution in [-0.4, -0.2) is 30.1 Å². The molecule has 0 heterocycles. The van der Waals surface area contributed by atoms with Gasteiger partial charge in [-0.2, -0.15) is 0 Å². The Balaban J connectivity index is 1.37. The SMILES string of the molecule is Cc1ccccc1OCC(=O)NNC(=S)NC(=O)COc1ccc2ccccc2c1. The number of carbonyl (C=O) groups is 2. The lowest BCUT2D eigenvalue weighted by atomic mass is 10.1. The van der Waals surface area contributed by atoms with Crippen molar-refractivity contribution in [3.63, 3.8) is 0 Å². The maximum atomic E-state index is 12.0. The minimum absolute atomic E-state index is 0.0497. The van der Waals surface area contributed by atoms with Gasteiger partial charge in [0.1, 0.15) is 11.5 Å². The van der Waals surface area contributed by atoms with Gasteiger partial charge in [-0.3, -0.25) is 25.8 Å². The zero-order chi connectivity index (χ0) is 21.3. The van der Waals surface area contributed by atoms with Gasteiger partial charge >= 0.3 is 0 Å². The summed E-state index contributed by atoms with van der Waals surface area (Å²) in [7, 11) is 0. The standard InChI is InChI=1S/C22H21N3O4S/c1-15-6-2-5-9-19(15)29-14-21(27)24-25-22(30)23-20(26)13-28-18-11-10-16-7-3-4-8-17(16)12-18/h2-12H,13-14H2,1H3,(H,24,27)(H2,23,25,26,30). The molecule has 0 spiro atoms. The fourth-order valence-corrected chi connectivity index (χ4v) is 2.79. The predicted molar refractivity (Wildman–Crippen MR) is 118 cm³/mol. The minimum atomic E-state index is -0.453. The van der Waals surface area contributed by atoms with Crippen molar-refractivity contribution < 1.29 is 19.1 Å². The second kappa shape index (κ2) is 10.2. The Hall–Kier alpha value is -3.65. The number of rotatable bonds is 6. The Bertz CT molecular complexity index is 1070. The third kappa shape index (κ3) is 6.18. The molecule has 0 saturated heterocycles. The van der Waals surface area contributed by atoms with Crippen LogP contribution in [0.5, 0.6) is 11.5 Å². The fraction of sp³-hybridized carbons (Fsp3) is 0.136. The van der Waals surface area contributed by atoms with E-state index in [1.165, 1.54) is 0 Å². The topological polar surface area (TPSA) is 88.7 Å². The quantitative estimate of drug-likeness (QED) is 0.417. The number of amides is 2. The molecule has 0 aliphatic heterocycles. The van der Waals surface area contributed by atoms with Gasteiger partial charge in [0.05, 0.1) is 0 Å². The summed E-state index contributed by atoms with van der Waals surface area (Å²) >= 11 is 4.99. The zero-order valence-electron chi connectivity index (χ0n) is 16.3. The molecule has 0 unspecified atom stereocenters. The summed E-state index contributed by atoms with van der Waals surface area (Å²) in [5.41, 5.74) is 5.74. The van der Waals surface area contributed by atoms with Crippen molar-refractivity contribution in [2.45, 2.75) is 6.92 Å². The molecule has 0 radical (unpaired) electrons. The summed E-state index contributed by atoms with van der Waals surface area (Å²) in [6, 6.07) is 20.8. The van der Waals surface area contributed by atoms with Crippen molar-refractivity contribution in [2.75, 3.05) is 13.2 Å². The van der Waals surface area contributed by atoms with Crippen LogP contribution in [0.15, 0.2) is 66.7 Å². The monoisotopic (exact) mass is 423 g/mol. The van der Waals surface area contributed by atoms with Gasteiger partial charge in [0.15, 0.2) is 18.3 Å². The number of hydrogen-bond donors (Lipinski definition) is 3. The lowest BCUT2D eigenvalue weighted by Gasteiger charge is -2.12. The molecule has 0 saturated carbocycles. The van der Waals surface area contributed by atoms with Crippen LogP contribution in [0.25, 0.3) is 10.8 Å². The molecule has 154 valence electrons. The number of thiocarbonyl (C=S) groups is 1. The van der Waals surface area contributed by atoms with Crippen molar-refractivity contribution >= 4 is 39.9 Å². The number of para-hydroxylation sites is 1. The summed E-state index contributed by atoms with van der Waals surface area (Å²) < 4.78 is 10.9. The van der Waals surface area contributed by atoms with Crippen molar-refractivity contribution in [3.05, 3.63) is 72.3 Å². The number of hydrazine groups is 1. The van der Waals surface area contributed by atoms with E-state index >= 15 is 0 Å². The van der Waals surface area contributed by atoms with Gasteiger partial charge in [-0.15, -0.1) is 0 Å². The van der Waals surface area contributed by atoms with E-state index in [1.54, 1.807) is 12.1 Å². The first-order valence-electron chi connectivity index (χ1n) is 9.20. The first-order chi connectivity index (χ1) is 14.5. The van der Waals surface area contributed by atoms with E-state index < -0.39 is 11.8 Å². The van der Waals surface area contributed by atoms with Crippen LogP contribution < -0.4 is 25.6 Å². The number of benzene rings is 3. The Morgan fingerprint density at radius 1 is 0.833 bits per heavy atom. The fourth-order valence-electron chi connectivity index (χ4n) is 2.62. The van der Waals surface area contributed by atoms with Gasteiger partial charge in [-0.1, -0.05) is 48.5 Å². The van der Waals surface area contributed by atoms with Gasteiger partial charge in [0.25, 0.3) is 11.8 Å². The molecule has 3 aromatic carbocycles. The smallest absolute Gasteiger partial charge is 0.276 e.